The summed E-state index contributed by atoms with van der Waals surface area (Å²) in [4.78, 5) is 2.64. The second-order valence-electron chi connectivity index (χ2n) is 2.27. The predicted molar refractivity (Wildman–Crippen MR) is 50.7 cm³/mol. The Balaban J connectivity index is 3.23. The zero-order valence-corrected chi connectivity index (χ0v) is 7.71. The molecule has 0 aliphatic heterocycles. The minimum atomic E-state index is 0.467. The van der Waals surface area contributed by atoms with E-state index in [1.807, 2.05) is 23.9 Å². The van der Waals surface area contributed by atoms with E-state index < -0.39 is 0 Å². The molecule has 62 valence electrons. The molecule has 0 bridgehead atoms. The third-order valence-electron chi connectivity index (χ3n) is 0.943. The first-order valence-electron chi connectivity index (χ1n) is 3.55. The van der Waals surface area contributed by atoms with Crippen molar-refractivity contribution in [3.8, 4) is 0 Å². The molecule has 0 aliphatic carbocycles. The molecule has 0 fully saturated rings. The maximum absolute atomic E-state index is 7.93. The minimum Gasteiger partial charge on any atom is -0.155 e. The van der Waals surface area contributed by atoms with Gasteiger partial charge in [0, 0.05) is 17.2 Å². The molecule has 0 aromatic rings. The SMILES string of the molecule is CC(C)SC/C=C/CN=[N+]=[N-]. The van der Waals surface area contributed by atoms with E-state index in [4.69, 9.17) is 5.53 Å². The monoisotopic (exact) mass is 171 g/mol. The first-order valence-corrected chi connectivity index (χ1v) is 4.59. The lowest BCUT2D eigenvalue weighted by Gasteiger charge is -1.98. The zero-order valence-electron chi connectivity index (χ0n) is 6.90. The van der Waals surface area contributed by atoms with E-state index in [2.05, 4.69) is 23.9 Å². The van der Waals surface area contributed by atoms with Crippen LogP contribution in [0.25, 0.3) is 10.4 Å². The molecule has 0 saturated heterocycles. The molecule has 0 unspecified atom stereocenters. The van der Waals surface area contributed by atoms with Crippen molar-refractivity contribution in [2.24, 2.45) is 5.11 Å². The molecule has 0 radical (unpaired) electrons. The number of hydrogen-bond acceptors (Lipinski definition) is 2. The van der Waals surface area contributed by atoms with Gasteiger partial charge in [0.1, 0.15) is 0 Å². The summed E-state index contributed by atoms with van der Waals surface area (Å²) >= 11 is 1.87. The smallest absolute Gasteiger partial charge is 0.0440 e. The van der Waals surface area contributed by atoms with Crippen molar-refractivity contribution < 1.29 is 0 Å². The summed E-state index contributed by atoms with van der Waals surface area (Å²) in [6.45, 7) is 4.78. The van der Waals surface area contributed by atoms with Gasteiger partial charge in [-0.1, -0.05) is 31.1 Å². The van der Waals surface area contributed by atoms with Gasteiger partial charge in [-0.05, 0) is 10.8 Å². The van der Waals surface area contributed by atoms with Crippen LogP contribution in [0.3, 0.4) is 0 Å². The van der Waals surface area contributed by atoms with Crippen LogP contribution < -0.4 is 0 Å². The average Bonchev–Trinajstić information content (AvgIpc) is 1.96. The Kier molecular flexibility index (Phi) is 7.10. The number of rotatable bonds is 5. The fraction of sp³-hybridized carbons (Fsp3) is 0.714. The van der Waals surface area contributed by atoms with Gasteiger partial charge in [-0.25, -0.2) is 0 Å². The second kappa shape index (κ2) is 7.51. The summed E-state index contributed by atoms with van der Waals surface area (Å²) in [6.07, 6.45) is 3.91. The van der Waals surface area contributed by atoms with Gasteiger partial charge in [-0.3, -0.25) is 0 Å². The Morgan fingerprint density at radius 3 is 2.82 bits per heavy atom. The van der Waals surface area contributed by atoms with Gasteiger partial charge in [0.15, 0.2) is 0 Å². The predicted octanol–water partition coefficient (Wildman–Crippen LogP) is 2.99. The maximum atomic E-state index is 7.93. The van der Waals surface area contributed by atoms with Crippen LogP contribution in [0.2, 0.25) is 0 Å². The van der Waals surface area contributed by atoms with E-state index in [1.54, 1.807) is 0 Å². The fourth-order valence-corrected chi connectivity index (χ4v) is 1.11. The van der Waals surface area contributed by atoms with Crippen molar-refractivity contribution in [2.75, 3.05) is 12.3 Å². The van der Waals surface area contributed by atoms with Crippen LogP contribution in [0.5, 0.6) is 0 Å². The molecule has 3 nitrogen and oxygen atoms in total. The van der Waals surface area contributed by atoms with Crippen LogP contribution in [0.15, 0.2) is 17.3 Å². The standard InChI is InChI=1S/C7H13N3S/c1-7(2)11-6-4-3-5-9-10-8/h3-4,7H,5-6H2,1-2H3/b4-3+. The molecule has 0 aliphatic rings. The summed E-state index contributed by atoms with van der Waals surface area (Å²) in [5.74, 6) is 0.999. The van der Waals surface area contributed by atoms with Crippen molar-refractivity contribution in [3.63, 3.8) is 0 Å². The van der Waals surface area contributed by atoms with Gasteiger partial charge in [0.05, 0.1) is 0 Å². The molecule has 0 aromatic carbocycles. The molecule has 0 saturated carbocycles. The number of hydrogen-bond donors (Lipinski definition) is 0. The molecule has 0 spiro atoms. The third-order valence-corrected chi connectivity index (χ3v) is 1.99. The molecule has 11 heavy (non-hydrogen) atoms. The van der Waals surface area contributed by atoms with Gasteiger partial charge in [0.2, 0.25) is 0 Å². The maximum Gasteiger partial charge on any atom is 0.0440 e. The highest BCUT2D eigenvalue weighted by Gasteiger charge is 1.88. The van der Waals surface area contributed by atoms with Crippen LogP contribution >= 0.6 is 11.8 Å². The van der Waals surface area contributed by atoms with Gasteiger partial charge in [-0.15, -0.1) is 0 Å². The molecule has 0 amide bonds. The zero-order chi connectivity index (χ0) is 8.53. The van der Waals surface area contributed by atoms with Crippen LogP contribution in [0, 0.1) is 0 Å². The fourth-order valence-electron chi connectivity index (χ4n) is 0.474. The molecule has 0 atom stereocenters. The molecule has 0 N–H and O–H groups in total. The topological polar surface area (TPSA) is 48.8 Å². The van der Waals surface area contributed by atoms with Gasteiger partial charge in [0.25, 0.3) is 0 Å². The van der Waals surface area contributed by atoms with Crippen LogP contribution in [0.4, 0.5) is 0 Å². The van der Waals surface area contributed by atoms with E-state index in [0.717, 1.165) is 5.75 Å². The quantitative estimate of drug-likeness (QED) is 0.271. The summed E-state index contributed by atoms with van der Waals surface area (Å²) in [7, 11) is 0. The van der Waals surface area contributed by atoms with E-state index in [-0.39, 0.29) is 0 Å². The van der Waals surface area contributed by atoms with Crippen molar-refractivity contribution in [1.82, 2.24) is 0 Å². The number of thioether (sulfide) groups is 1. The van der Waals surface area contributed by atoms with E-state index in [0.29, 0.717) is 11.8 Å². The first-order chi connectivity index (χ1) is 5.27. The Labute approximate surface area is 71.5 Å². The molecule has 4 heteroatoms. The average molecular weight is 171 g/mol. The van der Waals surface area contributed by atoms with E-state index in [1.165, 1.54) is 0 Å². The summed E-state index contributed by atoms with van der Waals surface area (Å²) in [5, 5.41) is 4.04. The Bertz CT molecular complexity index is 159. The van der Waals surface area contributed by atoms with Crippen LogP contribution in [-0.2, 0) is 0 Å². The normalized spacial score (nSPS) is 10.5. The van der Waals surface area contributed by atoms with Gasteiger partial charge < -0.3 is 0 Å². The number of nitrogens with zero attached hydrogens (tertiary/aromatic N) is 3. The minimum absolute atomic E-state index is 0.467. The van der Waals surface area contributed by atoms with Gasteiger partial charge >= 0.3 is 0 Å². The second-order valence-corrected chi connectivity index (χ2v) is 3.88. The first kappa shape index (κ1) is 10.4. The summed E-state index contributed by atoms with van der Waals surface area (Å²) < 4.78 is 0. The van der Waals surface area contributed by atoms with Crippen LogP contribution in [-0.4, -0.2) is 17.5 Å². The molecule has 0 heterocycles. The Morgan fingerprint density at radius 1 is 1.55 bits per heavy atom. The van der Waals surface area contributed by atoms with E-state index in [9.17, 15) is 0 Å². The summed E-state index contributed by atoms with van der Waals surface area (Å²) in [6, 6.07) is 0. The molecule has 0 rings (SSSR count). The van der Waals surface area contributed by atoms with Crippen molar-refractivity contribution >= 4 is 11.8 Å². The lowest BCUT2D eigenvalue weighted by Crippen LogP contribution is -1.86. The molecular weight excluding hydrogens is 158 g/mol. The highest BCUT2D eigenvalue weighted by Crippen LogP contribution is 2.08. The van der Waals surface area contributed by atoms with Crippen molar-refractivity contribution in [3.05, 3.63) is 22.6 Å². The van der Waals surface area contributed by atoms with Crippen molar-refractivity contribution in [2.45, 2.75) is 19.1 Å². The largest absolute Gasteiger partial charge is 0.155 e. The number of azide groups is 1. The van der Waals surface area contributed by atoms with Crippen molar-refractivity contribution in [1.29, 1.82) is 0 Å². The molecule has 0 aromatic heterocycles. The van der Waals surface area contributed by atoms with Gasteiger partial charge in [-0.2, -0.15) is 11.8 Å². The Morgan fingerprint density at radius 2 is 2.27 bits per heavy atom. The lowest BCUT2D eigenvalue weighted by molar-refractivity contribution is 1.11. The molecular formula is C7H13N3S. The Hall–Kier alpha value is -0.600. The van der Waals surface area contributed by atoms with Crippen LogP contribution in [0.1, 0.15) is 13.8 Å². The summed E-state index contributed by atoms with van der Waals surface area (Å²) in [5.41, 5.74) is 7.93. The highest BCUT2D eigenvalue weighted by molar-refractivity contribution is 7.99. The highest BCUT2D eigenvalue weighted by atomic mass is 32.2. The van der Waals surface area contributed by atoms with E-state index >= 15 is 0 Å². The third kappa shape index (κ3) is 9.40. The lowest BCUT2D eigenvalue weighted by atomic mass is 10.5.